The number of nitrogens with one attached hydrogen (secondary N) is 5. The second-order valence-corrected chi connectivity index (χ2v) is 13.6. The van der Waals surface area contributed by atoms with Crippen molar-refractivity contribution in [2.24, 2.45) is 32.6 Å². The van der Waals surface area contributed by atoms with Crippen molar-refractivity contribution in [3.63, 3.8) is 0 Å². The molecule has 0 heterocycles. The van der Waals surface area contributed by atoms with E-state index in [1.165, 1.54) is 12.1 Å². The zero-order chi connectivity index (χ0) is 43.3. The summed E-state index contributed by atoms with van der Waals surface area (Å²) in [7, 11) is 0. The number of hydrogen-bond donors (Lipinski definition) is 10. The van der Waals surface area contributed by atoms with Crippen LogP contribution in [0.25, 0.3) is 0 Å². The van der Waals surface area contributed by atoms with Gasteiger partial charge in [0.05, 0.1) is 30.9 Å². The van der Waals surface area contributed by atoms with Crippen LogP contribution in [-0.4, -0.2) is 101 Å². The lowest BCUT2D eigenvalue weighted by molar-refractivity contribution is -0.142. The van der Waals surface area contributed by atoms with E-state index in [0.717, 1.165) is 0 Å². The highest BCUT2D eigenvalue weighted by Crippen LogP contribution is 2.19. The predicted molar refractivity (Wildman–Crippen MR) is 217 cm³/mol. The number of phenols is 1. The topological polar surface area (TPSA) is 312 Å². The first-order chi connectivity index (χ1) is 28.2. The number of carboxylic acid groups (broad SMARTS) is 1. The molecule has 3 rings (SSSR count). The largest absolute Gasteiger partial charge is 0.508 e. The van der Waals surface area contributed by atoms with Crippen molar-refractivity contribution in [1.82, 2.24) is 26.6 Å². The number of benzene rings is 3. The third kappa shape index (κ3) is 16.6. The van der Waals surface area contributed by atoms with Crippen LogP contribution < -0.4 is 38.1 Å². The second kappa shape index (κ2) is 24.0. The van der Waals surface area contributed by atoms with Gasteiger partial charge >= 0.3 is 5.97 Å². The molecule has 0 aromatic heterocycles. The summed E-state index contributed by atoms with van der Waals surface area (Å²) in [5.41, 5.74) is 13.0. The summed E-state index contributed by atoms with van der Waals surface area (Å²) in [5, 5.41) is 49.8. The normalized spacial score (nSPS) is 13.5. The van der Waals surface area contributed by atoms with Gasteiger partial charge in [-0.05, 0) is 66.3 Å². The quantitative estimate of drug-likeness (QED) is 0.0277. The molecule has 12 N–H and O–H groups in total. The maximum atomic E-state index is 13.8. The first kappa shape index (κ1) is 46.5. The summed E-state index contributed by atoms with van der Waals surface area (Å²) in [5.74, 6) is -5.72. The fraction of sp³-hybridized carbons (Fsp3) is 0.375. The molecule has 3 aromatic rings. The average Bonchev–Trinajstić information content (AvgIpc) is 3.22. The van der Waals surface area contributed by atoms with Crippen LogP contribution in [0.5, 0.6) is 5.75 Å². The number of amides is 5. The van der Waals surface area contributed by atoms with Crippen LogP contribution in [0.3, 0.4) is 0 Å². The summed E-state index contributed by atoms with van der Waals surface area (Å²) < 4.78 is 0. The number of aliphatic hydroxyl groups excluding tert-OH is 1. The summed E-state index contributed by atoms with van der Waals surface area (Å²) in [6.07, 6.45) is 0.540. The van der Waals surface area contributed by atoms with E-state index >= 15 is 0 Å². The molecule has 59 heavy (non-hydrogen) atoms. The van der Waals surface area contributed by atoms with Gasteiger partial charge in [0.15, 0.2) is 5.96 Å². The van der Waals surface area contributed by atoms with Gasteiger partial charge in [-0.25, -0.2) is 4.79 Å². The first-order valence-electron chi connectivity index (χ1n) is 18.9. The van der Waals surface area contributed by atoms with Crippen LogP contribution in [0.4, 0.5) is 11.4 Å². The standard InChI is InChI=1S/C40H52N10O9/c1-3-24(2)35(38(57)44-22-34(54)46-32(23-51)37(56)47-30(39(58)59)10-7-19-43-40(41)42)48-36(55)31(20-25-13-17-29(52)18-14-25)45-33(53)21-26-11-15-28(16-12-26)50-49-27-8-5-4-6-9-27/h4-6,8-9,11-18,24,30-32,35,51-52H,3,7,10,19-23H2,1-2H3,(H,44,57)(H,45,53)(H,46,54)(H,47,56)(H,48,55)(H,58,59)(H4,41,42,43)/t24-,30-,31-,32-,35-/m0/s1. The van der Waals surface area contributed by atoms with Gasteiger partial charge < -0.3 is 53.4 Å². The number of carbonyl (C=O) groups is 6. The van der Waals surface area contributed by atoms with E-state index in [0.29, 0.717) is 28.9 Å². The number of nitrogens with zero attached hydrogens (tertiary/aromatic N) is 3. The zero-order valence-corrected chi connectivity index (χ0v) is 32.8. The molecule has 0 unspecified atom stereocenters. The number of aromatic hydroxyl groups is 1. The molecule has 0 radical (unpaired) electrons. The van der Waals surface area contributed by atoms with Crippen LogP contribution in [-0.2, 0) is 41.6 Å². The molecule has 0 aliphatic heterocycles. The maximum absolute atomic E-state index is 13.8. The van der Waals surface area contributed by atoms with Crippen molar-refractivity contribution in [3.05, 3.63) is 90.0 Å². The van der Waals surface area contributed by atoms with Crippen molar-refractivity contribution < 1.29 is 44.1 Å². The van der Waals surface area contributed by atoms with Crippen LogP contribution in [0.1, 0.15) is 44.2 Å². The Balaban J connectivity index is 1.64. The smallest absolute Gasteiger partial charge is 0.326 e. The molecule has 19 heteroatoms. The fourth-order valence-corrected chi connectivity index (χ4v) is 5.50. The Hall–Kier alpha value is -6.89. The predicted octanol–water partition coefficient (Wildman–Crippen LogP) is 0.825. The molecule has 5 atom stereocenters. The maximum Gasteiger partial charge on any atom is 0.326 e. The number of aliphatic imine (C=N–C) groups is 1. The summed E-state index contributed by atoms with van der Waals surface area (Å²) in [6, 6.07) is 16.9. The third-order valence-electron chi connectivity index (χ3n) is 8.98. The molecular formula is C40H52N10O9. The van der Waals surface area contributed by atoms with E-state index in [2.05, 4.69) is 41.8 Å². The molecular weight excluding hydrogens is 765 g/mol. The lowest BCUT2D eigenvalue weighted by atomic mass is 9.97. The fourth-order valence-electron chi connectivity index (χ4n) is 5.50. The number of rotatable bonds is 23. The van der Waals surface area contributed by atoms with Crippen molar-refractivity contribution in [3.8, 4) is 5.75 Å². The highest BCUT2D eigenvalue weighted by Gasteiger charge is 2.31. The van der Waals surface area contributed by atoms with Crippen LogP contribution in [0, 0.1) is 5.92 Å². The minimum atomic E-state index is -1.55. The number of aliphatic carboxylic acids is 1. The van der Waals surface area contributed by atoms with E-state index in [1.807, 2.05) is 30.3 Å². The molecule has 0 saturated heterocycles. The van der Waals surface area contributed by atoms with Crippen LogP contribution in [0.15, 0.2) is 94.1 Å². The average molecular weight is 817 g/mol. The SMILES string of the molecule is CC[C@H](C)[C@H](NC(=O)[C@H](Cc1ccc(O)cc1)NC(=O)Cc1ccc(N=Nc2ccccc2)cc1)C(=O)NCC(=O)N[C@@H](CO)C(=O)N[C@@H](CCCN=C(N)N)C(=O)O. The van der Waals surface area contributed by atoms with Gasteiger partial charge in [0, 0.05) is 13.0 Å². The number of carbonyl (C=O) groups excluding carboxylic acids is 5. The Bertz CT molecular complexity index is 1920. The number of aliphatic hydroxyl groups is 1. The number of carboxylic acids is 1. The van der Waals surface area contributed by atoms with Gasteiger partial charge in [-0.15, -0.1) is 0 Å². The number of hydrogen-bond acceptors (Lipinski definition) is 11. The molecule has 0 fully saturated rings. The third-order valence-corrected chi connectivity index (χ3v) is 8.98. The van der Waals surface area contributed by atoms with Gasteiger partial charge in [-0.3, -0.25) is 29.0 Å². The minimum absolute atomic E-state index is 0.00876. The number of nitrogens with two attached hydrogens (primary N) is 2. The van der Waals surface area contributed by atoms with Gasteiger partial charge in [0.2, 0.25) is 29.5 Å². The van der Waals surface area contributed by atoms with Crippen molar-refractivity contribution in [2.75, 3.05) is 19.7 Å². The summed E-state index contributed by atoms with van der Waals surface area (Å²) >= 11 is 0. The first-order valence-corrected chi connectivity index (χ1v) is 18.9. The number of guanidine groups is 1. The van der Waals surface area contributed by atoms with Crippen LogP contribution >= 0.6 is 0 Å². The monoisotopic (exact) mass is 816 g/mol. The lowest BCUT2D eigenvalue weighted by Crippen LogP contribution is -2.58. The van der Waals surface area contributed by atoms with E-state index in [-0.39, 0.29) is 43.9 Å². The molecule has 316 valence electrons. The highest BCUT2D eigenvalue weighted by atomic mass is 16.4. The number of azo groups is 1. The summed E-state index contributed by atoms with van der Waals surface area (Å²) in [6.45, 7) is 2.09. The number of phenolic OH excluding ortho intramolecular Hbond substituents is 1. The van der Waals surface area contributed by atoms with Gasteiger partial charge in [-0.1, -0.05) is 62.7 Å². The van der Waals surface area contributed by atoms with E-state index < -0.39 is 78.7 Å². The van der Waals surface area contributed by atoms with Gasteiger partial charge in [0.25, 0.3) is 0 Å². The summed E-state index contributed by atoms with van der Waals surface area (Å²) in [4.78, 5) is 81.5. The molecule has 5 amide bonds. The molecule has 19 nitrogen and oxygen atoms in total. The Kier molecular flexibility index (Phi) is 18.9. The van der Waals surface area contributed by atoms with Crippen molar-refractivity contribution >= 4 is 52.8 Å². The van der Waals surface area contributed by atoms with E-state index in [4.69, 9.17) is 11.5 Å². The molecule has 3 aromatic carbocycles. The minimum Gasteiger partial charge on any atom is -0.508 e. The Morgan fingerprint density at radius 3 is 1.90 bits per heavy atom. The zero-order valence-electron chi connectivity index (χ0n) is 32.8. The molecule has 0 spiro atoms. The Morgan fingerprint density at radius 2 is 1.31 bits per heavy atom. The van der Waals surface area contributed by atoms with Gasteiger partial charge in [-0.2, -0.15) is 10.2 Å². The van der Waals surface area contributed by atoms with E-state index in [9.17, 15) is 44.1 Å². The van der Waals surface area contributed by atoms with Crippen LogP contribution in [0.2, 0.25) is 0 Å². The van der Waals surface area contributed by atoms with Crippen molar-refractivity contribution in [2.45, 2.75) is 70.1 Å². The highest BCUT2D eigenvalue weighted by molar-refractivity contribution is 5.95. The molecule has 0 bridgehead atoms. The van der Waals surface area contributed by atoms with Crippen molar-refractivity contribution in [1.29, 1.82) is 0 Å². The van der Waals surface area contributed by atoms with E-state index in [1.54, 1.807) is 50.2 Å². The lowest BCUT2D eigenvalue weighted by Gasteiger charge is -2.27. The molecule has 0 aliphatic rings. The Morgan fingerprint density at radius 1 is 0.712 bits per heavy atom. The molecule has 0 saturated carbocycles. The Labute approximate surface area is 341 Å². The second-order valence-electron chi connectivity index (χ2n) is 13.6. The molecule has 0 aliphatic carbocycles. The van der Waals surface area contributed by atoms with Gasteiger partial charge in [0.1, 0.15) is 29.9 Å².